The maximum absolute atomic E-state index is 13.4. The van der Waals surface area contributed by atoms with Crippen molar-refractivity contribution in [2.45, 2.75) is 6.54 Å². The summed E-state index contributed by atoms with van der Waals surface area (Å²) in [5.74, 6) is 0.325. The van der Waals surface area contributed by atoms with Gasteiger partial charge >= 0.3 is 0 Å². The second-order valence-corrected chi connectivity index (χ2v) is 11.3. The second-order valence-electron chi connectivity index (χ2n) is 9.45. The molecule has 1 aliphatic heterocycles. The largest absolute Gasteiger partial charge is 0.370 e. The summed E-state index contributed by atoms with van der Waals surface area (Å²) in [4.78, 5) is 15.7. The molecule has 11 nitrogen and oxygen atoms in total. The minimum Gasteiger partial charge on any atom is -0.370 e. The number of benzene rings is 2. The highest BCUT2D eigenvalue weighted by Gasteiger charge is 2.28. The third-order valence-electron chi connectivity index (χ3n) is 6.39. The first kappa shape index (κ1) is 24.2. The van der Waals surface area contributed by atoms with E-state index in [1.54, 1.807) is 22.5 Å². The van der Waals surface area contributed by atoms with Crippen molar-refractivity contribution in [3.63, 3.8) is 0 Å². The number of carbonyl (C=O) groups excluding carboxylic acids is 1. The van der Waals surface area contributed by atoms with Gasteiger partial charge in [0.05, 0.1) is 17.3 Å². The van der Waals surface area contributed by atoms with Crippen LogP contribution < -0.4 is 20.3 Å². The number of nitrogens with zero attached hydrogens (tertiary/aromatic N) is 5. The first-order valence-electron chi connectivity index (χ1n) is 11.7. The number of hydrogen-bond donors (Lipinski definition) is 3. The van der Waals surface area contributed by atoms with Crippen LogP contribution in [0.25, 0.3) is 21.8 Å². The van der Waals surface area contributed by atoms with E-state index in [4.69, 9.17) is 0 Å². The molecule has 12 heteroatoms. The fourth-order valence-electron chi connectivity index (χ4n) is 4.79. The minimum atomic E-state index is -3.39. The molecule has 0 radical (unpaired) electrons. The molecule has 4 aromatic rings. The summed E-state index contributed by atoms with van der Waals surface area (Å²) >= 11 is 0. The lowest BCUT2D eigenvalue weighted by Crippen LogP contribution is -2.50. The number of rotatable bonds is 8. The molecule has 2 aromatic heterocycles. The molecule has 36 heavy (non-hydrogen) atoms. The Kier molecular flexibility index (Phi) is 6.18. The zero-order chi connectivity index (χ0) is 25.6. The lowest BCUT2D eigenvalue weighted by molar-refractivity contribution is 0.102. The molecule has 0 saturated carbocycles. The normalized spacial score (nSPS) is 14.5. The second kappa shape index (κ2) is 9.19. The van der Waals surface area contributed by atoms with E-state index in [0.717, 1.165) is 42.3 Å². The number of hydrogen-bond acceptors (Lipinski definition) is 7. The molecular weight excluding hydrogens is 480 g/mol. The number of anilines is 2. The van der Waals surface area contributed by atoms with E-state index in [2.05, 4.69) is 30.5 Å². The standard InChI is InChI=1S/C24H30N8O3S/c1-25-9-15-11-32(12-15)21-6-5-19(23-20(21)14-31(3)29-23)24(33)27-18-7-16(10-26-36(4,34)35)22-17(8-18)13-30(2)28-22/h5-8,13-15,25-26H,9-12H2,1-4H3,(H,27,33). The molecule has 190 valence electrons. The molecule has 1 fully saturated rings. The first-order chi connectivity index (χ1) is 17.1. The SMILES string of the molecule is CNCC1CN(c2ccc(C(=O)Nc3cc(CNS(C)(=O)=O)c4nn(C)cc4c3)c3nn(C)cc23)C1. The van der Waals surface area contributed by atoms with E-state index < -0.39 is 10.0 Å². The van der Waals surface area contributed by atoms with Crippen molar-refractivity contribution in [3.8, 4) is 0 Å². The summed E-state index contributed by atoms with van der Waals surface area (Å²) in [7, 11) is 2.22. The number of fused-ring (bicyclic) bond motifs is 2. The number of carbonyl (C=O) groups is 1. The Labute approximate surface area is 209 Å². The van der Waals surface area contributed by atoms with E-state index in [1.807, 2.05) is 44.7 Å². The third kappa shape index (κ3) is 4.79. The van der Waals surface area contributed by atoms with Crippen molar-refractivity contribution in [3.05, 3.63) is 47.8 Å². The highest BCUT2D eigenvalue weighted by molar-refractivity contribution is 7.88. The van der Waals surface area contributed by atoms with Crippen molar-refractivity contribution in [1.29, 1.82) is 0 Å². The molecule has 5 rings (SSSR count). The van der Waals surface area contributed by atoms with Gasteiger partial charge in [-0.3, -0.25) is 14.2 Å². The highest BCUT2D eigenvalue weighted by Crippen LogP contribution is 2.33. The zero-order valence-corrected chi connectivity index (χ0v) is 21.6. The Morgan fingerprint density at radius 3 is 2.53 bits per heavy atom. The summed E-state index contributed by atoms with van der Waals surface area (Å²) in [6.07, 6.45) is 4.88. The Morgan fingerprint density at radius 1 is 1.08 bits per heavy atom. The lowest BCUT2D eigenvalue weighted by atomic mass is 9.97. The van der Waals surface area contributed by atoms with Crippen LogP contribution in [0.1, 0.15) is 15.9 Å². The van der Waals surface area contributed by atoms with Crippen LogP contribution in [0, 0.1) is 5.92 Å². The number of sulfonamides is 1. The van der Waals surface area contributed by atoms with Crippen LogP contribution >= 0.6 is 0 Å². The van der Waals surface area contributed by atoms with Gasteiger partial charge in [0.1, 0.15) is 5.52 Å². The van der Waals surface area contributed by atoms with Gasteiger partial charge < -0.3 is 15.5 Å². The van der Waals surface area contributed by atoms with Crippen molar-refractivity contribution in [1.82, 2.24) is 29.6 Å². The summed E-state index contributed by atoms with van der Waals surface area (Å²) in [6, 6.07) is 7.38. The van der Waals surface area contributed by atoms with E-state index in [9.17, 15) is 13.2 Å². The Morgan fingerprint density at radius 2 is 1.81 bits per heavy atom. The van der Waals surface area contributed by atoms with Gasteiger partial charge in [-0.1, -0.05) is 0 Å². The molecule has 1 amide bonds. The molecule has 0 spiro atoms. The molecule has 0 aliphatic carbocycles. The van der Waals surface area contributed by atoms with Crippen molar-refractivity contribution in [2.24, 2.45) is 20.0 Å². The minimum absolute atomic E-state index is 0.0691. The van der Waals surface area contributed by atoms with Crippen LogP contribution in [0.15, 0.2) is 36.7 Å². The Balaban J connectivity index is 1.44. The molecule has 0 bridgehead atoms. The summed E-state index contributed by atoms with van der Waals surface area (Å²) in [5, 5.41) is 17.0. The third-order valence-corrected chi connectivity index (χ3v) is 7.06. The van der Waals surface area contributed by atoms with Crippen molar-refractivity contribution in [2.75, 3.05) is 43.2 Å². The van der Waals surface area contributed by atoms with Crippen molar-refractivity contribution >= 4 is 49.1 Å². The molecule has 3 N–H and O–H groups in total. The fourth-order valence-corrected chi connectivity index (χ4v) is 5.21. The number of aryl methyl sites for hydroxylation is 2. The fraction of sp³-hybridized carbons (Fsp3) is 0.375. The van der Waals surface area contributed by atoms with E-state index >= 15 is 0 Å². The molecule has 1 aliphatic rings. The zero-order valence-electron chi connectivity index (χ0n) is 20.7. The first-order valence-corrected chi connectivity index (χ1v) is 13.6. The Bertz CT molecular complexity index is 1570. The monoisotopic (exact) mass is 510 g/mol. The van der Waals surface area contributed by atoms with Gasteiger partial charge in [-0.05, 0) is 36.9 Å². The maximum atomic E-state index is 13.4. The number of aromatic nitrogens is 4. The van der Waals surface area contributed by atoms with Gasteiger partial charge in [0.25, 0.3) is 5.91 Å². The van der Waals surface area contributed by atoms with Crippen LogP contribution in [-0.2, 0) is 30.7 Å². The molecule has 2 aromatic carbocycles. The highest BCUT2D eigenvalue weighted by atomic mass is 32.2. The maximum Gasteiger partial charge on any atom is 0.257 e. The van der Waals surface area contributed by atoms with Crippen LogP contribution in [0.4, 0.5) is 11.4 Å². The smallest absolute Gasteiger partial charge is 0.257 e. The molecule has 3 heterocycles. The topological polar surface area (TPSA) is 126 Å². The Hall–Kier alpha value is -3.48. The van der Waals surface area contributed by atoms with Crippen LogP contribution in [0.5, 0.6) is 0 Å². The summed E-state index contributed by atoms with van der Waals surface area (Å²) < 4.78 is 29.2. The number of nitrogens with one attached hydrogen (secondary N) is 3. The van der Waals surface area contributed by atoms with Gasteiger partial charge in [0.2, 0.25) is 10.0 Å². The quantitative estimate of drug-likeness (QED) is 0.327. The van der Waals surface area contributed by atoms with Crippen LogP contribution in [0.2, 0.25) is 0 Å². The molecular formula is C24H30N8O3S. The molecule has 0 unspecified atom stereocenters. The van der Waals surface area contributed by atoms with Gasteiger partial charge in [-0.25, -0.2) is 13.1 Å². The molecule has 0 atom stereocenters. The van der Waals surface area contributed by atoms with Crippen molar-refractivity contribution < 1.29 is 13.2 Å². The van der Waals surface area contributed by atoms with Crippen LogP contribution in [0.3, 0.4) is 0 Å². The van der Waals surface area contributed by atoms with Gasteiger partial charge in [-0.15, -0.1) is 0 Å². The van der Waals surface area contributed by atoms with Crippen LogP contribution in [-0.4, -0.2) is 66.8 Å². The average molecular weight is 511 g/mol. The van der Waals surface area contributed by atoms with Gasteiger partial charge in [0.15, 0.2) is 0 Å². The van der Waals surface area contributed by atoms with Gasteiger partial charge in [-0.2, -0.15) is 10.2 Å². The summed E-state index contributed by atoms with van der Waals surface area (Å²) in [6.45, 7) is 2.98. The van der Waals surface area contributed by atoms with E-state index in [-0.39, 0.29) is 12.5 Å². The predicted molar refractivity (Wildman–Crippen MR) is 141 cm³/mol. The van der Waals surface area contributed by atoms with E-state index in [0.29, 0.717) is 33.8 Å². The van der Waals surface area contributed by atoms with E-state index in [1.165, 1.54) is 0 Å². The lowest BCUT2D eigenvalue weighted by Gasteiger charge is -2.41. The number of amides is 1. The molecule has 1 saturated heterocycles. The summed E-state index contributed by atoms with van der Waals surface area (Å²) in [5.41, 5.74) is 4.09. The predicted octanol–water partition coefficient (Wildman–Crippen LogP) is 1.42. The average Bonchev–Trinajstić information content (AvgIpc) is 3.34. The van der Waals surface area contributed by atoms with Gasteiger partial charge in [0, 0.05) is 80.7 Å².